The molecule has 2 rings (SSSR count). The molecular weight excluding hydrogens is 454 g/mol. The predicted molar refractivity (Wildman–Crippen MR) is 122 cm³/mol. The Morgan fingerprint density at radius 2 is 1.33 bits per heavy atom. The van der Waals surface area contributed by atoms with Gasteiger partial charge in [0.25, 0.3) is 0 Å². The van der Waals surface area contributed by atoms with E-state index in [4.69, 9.17) is 15.9 Å². The van der Waals surface area contributed by atoms with Crippen molar-refractivity contribution in [3.05, 3.63) is 70.8 Å². The van der Waals surface area contributed by atoms with Crippen LogP contribution in [0.3, 0.4) is 0 Å². The number of carbonyl (C=O) groups excluding carboxylic acids is 2. The number of hydrogen-bond donors (Lipinski definition) is 3. The predicted octanol–water partition coefficient (Wildman–Crippen LogP) is 3.80. The maximum absolute atomic E-state index is 11.1. The molecule has 0 radical (unpaired) electrons. The Morgan fingerprint density at radius 3 is 1.70 bits per heavy atom. The summed E-state index contributed by atoms with van der Waals surface area (Å²) in [5.41, 5.74) is 7.88. The van der Waals surface area contributed by atoms with E-state index in [2.05, 4.69) is 21.1 Å². The second kappa shape index (κ2) is 15.4. The van der Waals surface area contributed by atoms with Gasteiger partial charge in [-0.25, -0.2) is 4.79 Å². The van der Waals surface area contributed by atoms with Crippen LogP contribution in [0.2, 0.25) is 0 Å². The van der Waals surface area contributed by atoms with Gasteiger partial charge < -0.3 is 25.4 Å². The van der Waals surface area contributed by atoms with Crippen molar-refractivity contribution in [3.63, 3.8) is 0 Å². The Balaban J connectivity index is 0.000000530. The minimum absolute atomic E-state index is 0.144. The number of methoxy groups -OCH3 is 2. The molecule has 0 heterocycles. The fourth-order valence-electron chi connectivity index (χ4n) is 2.49. The molecule has 0 aromatic heterocycles. The number of esters is 1. The Labute approximate surface area is 197 Å². The zero-order chi connectivity index (χ0) is 25.6. The minimum atomic E-state index is -1.02. The number of nitrogens with two attached hydrogens (primary N) is 1. The maximum atomic E-state index is 11.1. The normalized spacial score (nSPS) is 11.3. The van der Waals surface area contributed by atoms with Crippen LogP contribution in [0.5, 0.6) is 0 Å². The van der Waals surface area contributed by atoms with Gasteiger partial charge in [-0.15, -0.1) is 0 Å². The zero-order valence-corrected chi connectivity index (χ0v) is 19.5. The number of aryl methyl sites for hydroxylation is 2. The van der Waals surface area contributed by atoms with Crippen molar-refractivity contribution in [2.24, 2.45) is 5.73 Å². The Morgan fingerprint density at radius 1 is 0.879 bits per heavy atom. The van der Waals surface area contributed by atoms with E-state index in [9.17, 15) is 19.2 Å². The minimum Gasteiger partial charge on any atom is -0.481 e. The standard InChI is InChI=1S/C12H14O4.C9H11NO2.C2H3ClO2/c1-8-4-3-5-9(6-8)10(12(14)15)7-11(13)16-2;1-6-3-2-4-7(5-6)8(10)9(11)12;1-5-2(3)4/h3-6,10H,7H2,1-2H3,(H,14,15);2-5,8H,10H2,1H3,(H,11,12);1H3/t10-;8-;/m11./s1. The Kier molecular flexibility index (Phi) is 13.8. The van der Waals surface area contributed by atoms with E-state index in [1.165, 1.54) is 14.2 Å². The summed E-state index contributed by atoms with van der Waals surface area (Å²) in [4.78, 5) is 42.0. The van der Waals surface area contributed by atoms with Gasteiger partial charge in [0.2, 0.25) is 0 Å². The molecule has 2 aromatic rings. The molecule has 0 saturated carbocycles. The van der Waals surface area contributed by atoms with Crippen LogP contribution in [0.1, 0.15) is 40.6 Å². The van der Waals surface area contributed by atoms with Gasteiger partial charge in [-0.05, 0) is 25.0 Å². The van der Waals surface area contributed by atoms with E-state index >= 15 is 0 Å². The number of rotatable bonds is 6. The van der Waals surface area contributed by atoms with Gasteiger partial charge in [0, 0.05) is 11.6 Å². The number of carboxylic acid groups (broad SMARTS) is 2. The third-order valence-electron chi connectivity index (χ3n) is 4.17. The smallest absolute Gasteiger partial charge is 0.403 e. The van der Waals surface area contributed by atoms with Crippen molar-refractivity contribution >= 4 is 34.9 Å². The Bertz CT molecular complexity index is 948. The second-order valence-electron chi connectivity index (χ2n) is 6.76. The first-order valence-electron chi connectivity index (χ1n) is 9.57. The highest BCUT2D eigenvalue weighted by atomic mass is 35.5. The molecule has 0 saturated heterocycles. The lowest BCUT2D eigenvalue weighted by molar-refractivity contribution is -0.147. The van der Waals surface area contributed by atoms with Crippen LogP contribution in [0.4, 0.5) is 4.79 Å². The van der Waals surface area contributed by atoms with Crippen LogP contribution in [-0.4, -0.2) is 47.8 Å². The molecule has 33 heavy (non-hydrogen) atoms. The lowest BCUT2D eigenvalue weighted by atomic mass is 9.95. The molecule has 0 spiro atoms. The van der Waals surface area contributed by atoms with Crippen molar-refractivity contribution in [1.29, 1.82) is 0 Å². The summed E-state index contributed by atoms with van der Waals surface area (Å²) in [7, 11) is 2.47. The summed E-state index contributed by atoms with van der Waals surface area (Å²) in [6.07, 6.45) is -0.144. The average Bonchev–Trinajstić information content (AvgIpc) is 2.77. The Hall–Kier alpha value is -3.43. The molecule has 10 heteroatoms. The van der Waals surface area contributed by atoms with E-state index < -0.39 is 35.3 Å². The topological polar surface area (TPSA) is 153 Å². The van der Waals surface area contributed by atoms with Crippen LogP contribution in [0.25, 0.3) is 0 Å². The quantitative estimate of drug-likeness (QED) is 0.412. The van der Waals surface area contributed by atoms with Gasteiger partial charge in [0.1, 0.15) is 6.04 Å². The van der Waals surface area contributed by atoms with E-state index in [0.717, 1.165) is 11.1 Å². The van der Waals surface area contributed by atoms with Gasteiger partial charge in [-0.3, -0.25) is 14.4 Å². The molecule has 0 aliphatic heterocycles. The van der Waals surface area contributed by atoms with Crippen molar-refractivity contribution in [2.75, 3.05) is 14.2 Å². The molecule has 0 fully saturated rings. The van der Waals surface area contributed by atoms with E-state index in [-0.39, 0.29) is 6.42 Å². The van der Waals surface area contributed by atoms with Gasteiger partial charge in [0.05, 0.1) is 26.6 Å². The molecule has 0 unspecified atom stereocenters. The summed E-state index contributed by atoms with van der Waals surface area (Å²) in [5, 5.41) is 17.7. The summed E-state index contributed by atoms with van der Waals surface area (Å²) in [5.74, 6) is -3.38. The highest BCUT2D eigenvalue weighted by Gasteiger charge is 2.23. The first-order valence-corrected chi connectivity index (χ1v) is 9.95. The lowest BCUT2D eigenvalue weighted by Gasteiger charge is -2.11. The van der Waals surface area contributed by atoms with Gasteiger partial charge >= 0.3 is 23.3 Å². The van der Waals surface area contributed by atoms with Crippen molar-refractivity contribution in [1.82, 2.24) is 0 Å². The van der Waals surface area contributed by atoms with Crippen molar-refractivity contribution < 1.29 is 38.9 Å². The zero-order valence-electron chi connectivity index (χ0n) is 18.8. The lowest BCUT2D eigenvalue weighted by Crippen LogP contribution is -2.20. The molecule has 0 aliphatic rings. The highest BCUT2D eigenvalue weighted by Crippen LogP contribution is 2.21. The maximum Gasteiger partial charge on any atom is 0.403 e. The van der Waals surface area contributed by atoms with Gasteiger partial charge in [0.15, 0.2) is 0 Å². The molecule has 180 valence electrons. The van der Waals surface area contributed by atoms with Crippen molar-refractivity contribution in [2.45, 2.75) is 32.2 Å². The van der Waals surface area contributed by atoms with Crippen LogP contribution in [0, 0.1) is 13.8 Å². The van der Waals surface area contributed by atoms with Crippen LogP contribution >= 0.6 is 11.6 Å². The monoisotopic (exact) mass is 481 g/mol. The number of carbonyl (C=O) groups is 4. The molecule has 2 aromatic carbocycles. The first-order chi connectivity index (χ1) is 15.4. The fraction of sp³-hybridized carbons (Fsp3) is 0.304. The van der Waals surface area contributed by atoms with E-state index in [1.807, 2.05) is 26.0 Å². The number of carboxylic acids is 2. The van der Waals surface area contributed by atoms with Crippen LogP contribution < -0.4 is 5.73 Å². The number of aliphatic carboxylic acids is 2. The molecule has 4 N–H and O–H groups in total. The molecule has 2 atom stereocenters. The number of ether oxygens (including phenoxy) is 2. The molecular formula is C23H28ClNO8. The molecule has 9 nitrogen and oxygen atoms in total. The van der Waals surface area contributed by atoms with E-state index in [0.29, 0.717) is 11.1 Å². The third kappa shape index (κ3) is 12.3. The van der Waals surface area contributed by atoms with Crippen LogP contribution in [-0.2, 0) is 23.9 Å². The largest absolute Gasteiger partial charge is 0.481 e. The highest BCUT2D eigenvalue weighted by molar-refractivity contribution is 6.61. The van der Waals surface area contributed by atoms with Crippen molar-refractivity contribution in [3.8, 4) is 0 Å². The molecule has 0 aliphatic carbocycles. The summed E-state index contributed by atoms with van der Waals surface area (Å²) in [6, 6.07) is 13.4. The third-order valence-corrected chi connectivity index (χ3v) is 4.32. The number of benzene rings is 2. The first kappa shape index (κ1) is 29.6. The van der Waals surface area contributed by atoms with Gasteiger partial charge in [-0.1, -0.05) is 59.7 Å². The number of hydrogen-bond acceptors (Lipinski definition) is 7. The fourth-order valence-corrected chi connectivity index (χ4v) is 2.49. The molecule has 0 amide bonds. The number of halogens is 1. The van der Waals surface area contributed by atoms with Crippen LogP contribution in [0.15, 0.2) is 48.5 Å². The average molecular weight is 482 g/mol. The summed E-state index contributed by atoms with van der Waals surface area (Å²) >= 11 is 4.60. The van der Waals surface area contributed by atoms with E-state index in [1.54, 1.807) is 36.4 Å². The summed E-state index contributed by atoms with van der Waals surface area (Å²) in [6.45, 7) is 3.78. The van der Waals surface area contributed by atoms with Gasteiger partial charge in [-0.2, -0.15) is 0 Å². The summed E-state index contributed by atoms with van der Waals surface area (Å²) < 4.78 is 8.36. The second-order valence-corrected chi connectivity index (χ2v) is 7.07. The molecule has 0 bridgehead atoms. The SMILES string of the molecule is COC(=O)C[C@@H](C(=O)O)c1cccc(C)c1.COC(=O)Cl.Cc1cccc([C@@H](N)C(=O)O)c1.